The Morgan fingerprint density at radius 2 is 1.77 bits per heavy atom. The molecule has 3 aliphatic rings. The van der Waals surface area contributed by atoms with Gasteiger partial charge in [0.2, 0.25) is 0 Å². The van der Waals surface area contributed by atoms with E-state index in [4.69, 9.17) is 21.3 Å². The molecule has 1 saturated carbocycles. The lowest BCUT2D eigenvalue weighted by molar-refractivity contribution is 0.0768. The average molecular weight is 425 g/mol. The van der Waals surface area contributed by atoms with Crippen LogP contribution in [0.1, 0.15) is 45.4 Å². The first-order valence-electron chi connectivity index (χ1n) is 11.2. The van der Waals surface area contributed by atoms with Gasteiger partial charge in [-0.1, -0.05) is 24.4 Å². The van der Waals surface area contributed by atoms with E-state index in [0.717, 1.165) is 40.9 Å². The lowest BCUT2D eigenvalue weighted by Gasteiger charge is -2.36. The number of fused-ring (bicyclic) bond motifs is 1. The highest BCUT2D eigenvalue weighted by atomic mass is 35.5. The van der Waals surface area contributed by atoms with Crippen LogP contribution in [0.15, 0.2) is 41.5 Å². The highest BCUT2D eigenvalue weighted by Crippen LogP contribution is 2.28. The van der Waals surface area contributed by atoms with E-state index in [1.54, 1.807) is 6.20 Å². The lowest BCUT2D eigenvalue weighted by Crippen LogP contribution is -2.43. The predicted molar refractivity (Wildman–Crippen MR) is 120 cm³/mol. The topological polar surface area (TPSA) is 41.0 Å². The van der Waals surface area contributed by atoms with Crippen LogP contribution in [-0.4, -0.2) is 41.3 Å². The molecule has 3 heterocycles. The Balaban J connectivity index is 1.23. The van der Waals surface area contributed by atoms with Crippen LogP contribution in [0.2, 0.25) is 5.15 Å². The molecule has 0 bridgehead atoms. The summed E-state index contributed by atoms with van der Waals surface area (Å²) >= 11 is 6.06. The van der Waals surface area contributed by atoms with E-state index in [0.29, 0.717) is 11.3 Å². The van der Waals surface area contributed by atoms with Gasteiger partial charge in [0.05, 0.1) is 11.6 Å². The Bertz CT molecular complexity index is 995. The summed E-state index contributed by atoms with van der Waals surface area (Å²) in [5, 5.41) is 2.35. The number of hydrogen-bond donors (Lipinski definition) is 0. The minimum Gasteiger partial charge on any atom is -0.490 e. The number of pyridine rings is 1. The number of ether oxygens (including phenoxy) is 1. The van der Waals surface area contributed by atoms with Crippen LogP contribution in [0.3, 0.4) is 0 Å². The normalized spacial score (nSPS) is 23.0. The summed E-state index contributed by atoms with van der Waals surface area (Å²) in [6, 6.07) is 11.1. The summed E-state index contributed by atoms with van der Waals surface area (Å²) in [6.07, 6.45) is 12.0. The molecule has 1 aromatic carbocycles. The molecule has 0 N–H and O–H groups in total. The summed E-state index contributed by atoms with van der Waals surface area (Å²) < 4.78 is 6.30. The summed E-state index contributed by atoms with van der Waals surface area (Å²) in [4.78, 5) is 13.7. The minimum atomic E-state index is 0.00663. The molecule has 1 atom stereocenters. The molecule has 5 nitrogen and oxygen atoms in total. The fourth-order valence-corrected chi connectivity index (χ4v) is 5.14. The number of rotatable bonds is 4. The van der Waals surface area contributed by atoms with Crippen LogP contribution in [0.5, 0.6) is 5.75 Å². The third-order valence-electron chi connectivity index (χ3n) is 6.64. The maximum Gasteiger partial charge on any atom is 0.129 e. The fourth-order valence-electron chi connectivity index (χ4n) is 4.98. The second-order valence-electron chi connectivity index (χ2n) is 8.65. The fraction of sp³-hybridized carbons (Fsp3) is 0.500. The van der Waals surface area contributed by atoms with Crippen LogP contribution in [0, 0.1) is 0 Å². The van der Waals surface area contributed by atoms with E-state index in [1.165, 1.54) is 38.8 Å². The maximum absolute atomic E-state index is 6.30. The molecule has 0 radical (unpaired) electrons. The zero-order chi connectivity index (χ0) is 20.5. The van der Waals surface area contributed by atoms with Gasteiger partial charge >= 0.3 is 0 Å². The molecule has 1 aliphatic carbocycles. The van der Waals surface area contributed by atoms with Crippen molar-refractivity contribution in [2.75, 3.05) is 18.0 Å². The molecule has 2 aromatic rings. The maximum atomic E-state index is 6.30. The number of nitrogens with zero attached hydrogens (tertiary/aromatic N) is 4. The van der Waals surface area contributed by atoms with Crippen LogP contribution in [0.4, 0.5) is 5.69 Å². The van der Waals surface area contributed by atoms with E-state index < -0.39 is 0 Å². The largest absolute Gasteiger partial charge is 0.490 e. The molecule has 2 fully saturated rings. The predicted octanol–water partition coefficient (Wildman–Crippen LogP) is 3.74. The van der Waals surface area contributed by atoms with E-state index >= 15 is 0 Å². The zero-order valence-electron chi connectivity index (χ0n) is 17.5. The van der Waals surface area contributed by atoms with E-state index in [2.05, 4.69) is 52.2 Å². The van der Waals surface area contributed by atoms with Crippen molar-refractivity contribution in [3.63, 3.8) is 0 Å². The minimum absolute atomic E-state index is 0.00663. The molecule has 1 saturated heterocycles. The molecule has 0 amide bonds. The van der Waals surface area contributed by atoms with Crippen molar-refractivity contribution < 1.29 is 4.74 Å². The number of anilines is 1. The smallest absolute Gasteiger partial charge is 0.129 e. The van der Waals surface area contributed by atoms with Crippen molar-refractivity contribution in [3.05, 3.63) is 52.3 Å². The van der Waals surface area contributed by atoms with Gasteiger partial charge in [0.25, 0.3) is 0 Å². The van der Waals surface area contributed by atoms with Gasteiger partial charge in [0.15, 0.2) is 0 Å². The third-order valence-corrected chi connectivity index (χ3v) is 6.85. The zero-order valence-corrected chi connectivity index (χ0v) is 18.3. The van der Waals surface area contributed by atoms with Crippen molar-refractivity contribution in [1.29, 1.82) is 0 Å². The first-order valence-corrected chi connectivity index (χ1v) is 11.5. The van der Waals surface area contributed by atoms with Crippen molar-refractivity contribution >= 4 is 23.5 Å². The molecule has 1 unspecified atom stereocenters. The molecule has 158 valence electrons. The number of likely N-dealkylation sites (tertiary alicyclic amines) is 1. The van der Waals surface area contributed by atoms with Crippen molar-refractivity contribution in [1.82, 2.24) is 9.88 Å². The van der Waals surface area contributed by atoms with E-state index in [9.17, 15) is 0 Å². The number of benzene rings is 1. The van der Waals surface area contributed by atoms with Crippen LogP contribution in [-0.2, 0) is 0 Å². The van der Waals surface area contributed by atoms with Gasteiger partial charge in [-0.25, -0.2) is 4.98 Å². The number of hydrogen-bond acceptors (Lipinski definition) is 5. The molecule has 1 aromatic heterocycles. The standard InChI is InChI=1S/C24H29ClN4O/c1-17-27-23-15-26-24(25)14-18(23)16-29(17)20-6-8-21(9-7-20)30-22-10-12-28(13-11-22)19-4-2-3-5-19/h6-9,14-17,19,22H,2-5,10-13H2,1H3. The van der Waals surface area contributed by atoms with Gasteiger partial charge in [-0.3, -0.25) is 4.99 Å². The van der Waals surface area contributed by atoms with Gasteiger partial charge in [-0.2, -0.15) is 0 Å². The Hall–Kier alpha value is -2.11. The molecular weight excluding hydrogens is 396 g/mol. The number of piperidine rings is 1. The molecule has 30 heavy (non-hydrogen) atoms. The average Bonchev–Trinajstić information content (AvgIpc) is 3.30. The molecule has 6 heteroatoms. The Kier molecular flexibility index (Phi) is 5.66. The first-order chi connectivity index (χ1) is 14.7. The van der Waals surface area contributed by atoms with Crippen LogP contribution < -0.4 is 20.2 Å². The molecule has 2 aliphatic heterocycles. The second-order valence-corrected chi connectivity index (χ2v) is 9.04. The number of halogens is 1. The van der Waals surface area contributed by atoms with Crippen molar-refractivity contribution in [2.24, 2.45) is 4.99 Å². The van der Waals surface area contributed by atoms with Crippen molar-refractivity contribution in [3.8, 4) is 5.75 Å². The molecular formula is C24H29ClN4O. The van der Waals surface area contributed by atoms with Crippen molar-refractivity contribution in [2.45, 2.75) is 63.8 Å². The van der Waals surface area contributed by atoms with Gasteiger partial charge in [0, 0.05) is 36.2 Å². The lowest BCUT2D eigenvalue weighted by atomic mass is 10.0. The Morgan fingerprint density at radius 1 is 1.03 bits per heavy atom. The molecule has 0 spiro atoms. The first kappa shape index (κ1) is 19.8. The quantitative estimate of drug-likeness (QED) is 0.701. The summed E-state index contributed by atoms with van der Waals surface area (Å²) in [6.45, 7) is 4.43. The number of aromatic nitrogens is 1. The highest BCUT2D eigenvalue weighted by Gasteiger charge is 2.27. The van der Waals surface area contributed by atoms with Gasteiger partial charge < -0.3 is 14.5 Å². The van der Waals surface area contributed by atoms with Gasteiger partial charge in [-0.15, -0.1) is 0 Å². The van der Waals surface area contributed by atoms with E-state index in [1.807, 2.05) is 6.07 Å². The van der Waals surface area contributed by atoms with Gasteiger partial charge in [-0.05, 0) is 62.9 Å². The Morgan fingerprint density at radius 3 is 2.50 bits per heavy atom. The SMILES string of the molecule is CC1N=c2cnc(Cl)cc2=CN1c1ccc(OC2CCN(C3CCCC3)CC2)cc1. The Labute approximate surface area is 183 Å². The third kappa shape index (κ3) is 4.19. The van der Waals surface area contributed by atoms with E-state index in [-0.39, 0.29) is 6.17 Å². The van der Waals surface area contributed by atoms with Crippen LogP contribution >= 0.6 is 11.6 Å². The molecule has 5 rings (SSSR count). The monoisotopic (exact) mass is 424 g/mol. The second kappa shape index (κ2) is 8.56. The summed E-state index contributed by atoms with van der Waals surface area (Å²) in [5.41, 5.74) is 1.09. The summed E-state index contributed by atoms with van der Waals surface area (Å²) in [5.74, 6) is 0.951. The highest BCUT2D eigenvalue weighted by molar-refractivity contribution is 6.29. The van der Waals surface area contributed by atoms with Gasteiger partial charge in [0.1, 0.15) is 23.2 Å². The van der Waals surface area contributed by atoms with Crippen LogP contribution in [0.25, 0.3) is 6.20 Å². The summed E-state index contributed by atoms with van der Waals surface area (Å²) in [7, 11) is 0.